The fraction of sp³-hybridized carbons (Fsp3) is 0.294. The van der Waals surface area contributed by atoms with Crippen LogP contribution < -0.4 is 0 Å². The molecule has 0 aliphatic rings. The zero-order valence-corrected chi connectivity index (χ0v) is 11.8. The van der Waals surface area contributed by atoms with Crippen LogP contribution in [0.25, 0.3) is 11.1 Å². The molecule has 2 aromatic rings. The van der Waals surface area contributed by atoms with Crippen LogP contribution in [0.4, 0.5) is 0 Å². The molecule has 1 atom stereocenters. The lowest BCUT2D eigenvalue weighted by Crippen LogP contribution is -2.15. The van der Waals surface area contributed by atoms with Gasteiger partial charge in [0.1, 0.15) is 0 Å². The van der Waals surface area contributed by atoms with E-state index in [0.717, 1.165) is 22.3 Å². The fourth-order valence-corrected chi connectivity index (χ4v) is 2.41. The van der Waals surface area contributed by atoms with Crippen molar-refractivity contribution in [1.29, 1.82) is 0 Å². The number of carbonyl (C=O) groups is 1. The lowest BCUT2D eigenvalue weighted by molar-refractivity contribution is -0.141. The molecule has 3 nitrogen and oxygen atoms in total. The zero-order valence-electron chi connectivity index (χ0n) is 11.8. The maximum absolute atomic E-state index is 11.2. The highest BCUT2D eigenvalue weighted by Crippen LogP contribution is 2.28. The maximum atomic E-state index is 11.2. The van der Waals surface area contributed by atoms with Crippen LogP contribution >= 0.6 is 0 Å². The lowest BCUT2D eigenvalue weighted by Gasteiger charge is -2.15. The molecule has 0 radical (unpaired) electrons. The highest BCUT2D eigenvalue weighted by Gasteiger charge is 2.18. The van der Waals surface area contributed by atoms with Crippen molar-refractivity contribution >= 4 is 5.97 Å². The van der Waals surface area contributed by atoms with Crippen LogP contribution in [0.2, 0.25) is 0 Å². The molecule has 0 aliphatic carbocycles. The third kappa shape index (κ3) is 3.05. The van der Waals surface area contributed by atoms with Crippen LogP contribution in [0.3, 0.4) is 0 Å². The van der Waals surface area contributed by atoms with E-state index in [0.29, 0.717) is 12.8 Å². The van der Waals surface area contributed by atoms with Crippen LogP contribution in [0.5, 0.6) is 0 Å². The average molecular weight is 269 g/mol. The summed E-state index contributed by atoms with van der Waals surface area (Å²) >= 11 is 0. The van der Waals surface area contributed by atoms with Gasteiger partial charge in [-0.05, 0) is 48.1 Å². The molecule has 3 heteroatoms. The Hall–Kier alpha value is -2.16. The van der Waals surface area contributed by atoms with Gasteiger partial charge >= 0.3 is 5.97 Å². The molecule has 1 aromatic heterocycles. The highest BCUT2D eigenvalue weighted by molar-refractivity contribution is 5.73. The van der Waals surface area contributed by atoms with Gasteiger partial charge in [0.25, 0.3) is 0 Å². The molecule has 0 aliphatic heterocycles. The Morgan fingerprint density at radius 1 is 1.25 bits per heavy atom. The number of hydrogen-bond donors (Lipinski definition) is 1. The summed E-state index contributed by atoms with van der Waals surface area (Å²) in [6.45, 7) is 3.94. The van der Waals surface area contributed by atoms with Gasteiger partial charge in [-0.25, -0.2) is 0 Å². The molecule has 0 saturated carbocycles. The van der Waals surface area contributed by atoms with E-state index in [4.69, 9.17) is 0 Å². The summed E-state index contributed by atoms with van der Waals surface area (Å²) in [4.78, 5) is 15.4. The van der Waals surface area contributed by atoms with E-state index in [1.165, 1.54) is 0 Å². The Kier molecular flexibility index (Phi) is 4.51. The van der Waals surface area contributed by atoms with E-state index in [1.807, 2.05) is 50.4 Å². The molecular weight excluding hydrogens is 250 g/mol. The van der Waals surface area contributed by atoms with Gasteiger partial charge < -0.3 is 5.11 Å². The number of rotatable bonds is 5. The summed E-state index contributed by atoms with van der Waals surface area (Å²) in [6, 6.07) is 9.99. The van der Waals surface area contributed by atoms with Crippen molar-refractivity contribution in [3.05, 3.63) is 53.9 Å². The predicted octanol–water partition coefficient (Wildman–Crippen LogP) is 3.71. The molecular formula is C17H19NO2. The lowest BCUT2D eigenvalue weighted by atomic mass is 9.90. The van der Waals surface area contributed by atoms with Gasteiger partial charge in [0.15, 0.2) is 0 Å². The monoisotopic (exact) mass is 269 g/mol. The quantitative estimate of drug-likeness (QED) is 0.900. The van der Waals surface area contributed by atoms with Gasteiger partial charge in [0.05, 0.1) is 5.92 Å². The van der Waals surface area contributed by atoms with Crippen molar-refractivity contribution in [2.75, 3.05) is 0 Å². The van der Waals surface area contributed by atoms with Crippen LogP contribution in [0.1, 0.15) is 24.5 Å². The van der Waals surface area contributed by atoms with Gasteiger partial charge in [0, 0.05) is 12.4 Å². The Balaban J connectivity index is 2.41. The van der Waals surface area contributed by atoms with Crippen molar-refractivity contribution in [2.24, 2.45) is 5.92 Å². The van der Waals surface area contributed by atoms with Crippen LogP contribution in [0, 0.1) is 12.8 Å². The van der Waals surface area contributed by atoms with Crippen molar-refractivity contribution in [1.82, 2.24) is 4.98 Å². The van der Waals surface area contributed by atoms with Crippen LogP contribution in [-0.2, 0) is 11.2 Å². The first-order valence-electron chi connectivity index (χ1n) is 6.85. The zero-order chi connectivity index (χ0) is 14.5. The van der Waals surface area contributed by atoms with E-state index in [9.17, 15) is 9.90 Å². The fourth-order valence-electron chi connectivity index (χ4n) is 2.41. The number of carboxylic acids is 1. The Morgan fingerprint density at radius 3 is 2.65 bits per heavy atom. The molecule has 0 amide bonds. The molecule has 0 fully saturated rings. The molecule has 0 saturated heterocycles. The van der Waals surface area contributed by atoms with Crippen molar-refractivity contribution < 1.29 is 9.90 Å². The summed E-state index contributed by atoms with van der Waals surface area (Å²) in [5.74, 6) is -1.06. The molecule has 1 heterocycles. The maximum Gasteiger partial charge on any atom is 0.306 e. The van der Waals surface area contributed by atoms with Crippen molar-refractivity contribution in [3.63, 3.8) is 0 Å². The normalized spacial score (nSPS) is 12.1. The predicted molar refractivity (Wildman–Crippen MR) is 79.5 cm³/mol. The Labute approximate surface area is 119 Å². The van der Waals surface area contributed by atoms with Crippen LogP contribution in [0.15, 0.2) is 42.7 Å². The van der Waals surface area contributed by atoms with E-state index >= 15 is 0 Å². The smallest absolute Gasteiger partial charge is 0.306 e. The van der Waals surface area contributed by atoms with Crippen LogP contribution in [-0.4, -0.2) is 16.1 Å². The molecule has 0 spiro atoms. The Bertz CT molecular complexity index is 607. The summed E-state index contributed by atoms with van der Waals surface area (Å²) < 4.78 is 0. The van der Waals surface area contributed by atoms with E-state index in [-0.39, 0.29) is 5.92 Å². The number of carboxylic acid groups (broad SMARTS) is 1. The van der Waals surface area contributed by atoms with Gasteiger partial charge in [-0.15, -0.1) is 0 Å². The number of benzene rings is 1. The molecule has 20 heavy (non-hydrogen) atoms. The number of nitrogens with zero attached hydrogens (tertiary/aromatic N) is 1. The van der Waals surface area contributed by atoms with E-state index in [1.54, 1.807) is 6.20 Å². The van der Waals surface area contributed by atoms with E-state index < -0.39 is 5.97 Å². The minimum Gasteiger partial charge on any atom is -0.481 e. The Morgan fingerprint density at radius 2 is 2.00 bits per heavy atom. The molecule has 1 aromatic carbocycles. The third-order valence-electron chi connectivity index (χ3n) is 3.64. The summed E-state index contributed by atoms with van der Waals surface area (Å²) in [7, 11) is 0. The highest BCUT2D eigenvalue weighted by atomic mass is 16.4. The van der Waals surface area contributed by atoms with Gasteiger partial charge in [-0.3, -0.25) is 9.78 Å². The second kappa shape index (κ2) is 6.33. The second-order valence-corrected chi connectivity index (χ2v) is 5.00. The van der Waals surface area contributed by atoms with Gasteiger partial charge in [-0.2, -0.15) is 0 Å². The SMILES string of the molecule is CCC(Cc1ccccc1-c1ccncc1C)C(=O)O. The van der Waals surface area contributed by atoms with Gasteiger partial charge in [0.2, 0.25) is 0 Å². The first-order valence-corrected chi connectivity index (χ1v) is 6.85. The molecule has 2 rings (SSSR count). The van der Waals surface area contributed by atoms with E-state index in [2.05, 4.69) is 4.98 Å². The van der Waals surface area contributed by atoms with Crippen molar-refractivity contribution in [2.45, 2.75) is 26.7 Å². The second-order valence-electron chi connectivity index (χ2n) is 5.00. The number of aromatic nitrogens is 1. The molecule has 1 unspecified atom stereocenters. The summed E-state index contributed by atoms with van der Waals surface area (Å²) in [5, 5.41) is 9.24. The standard InChI is InChI=1S/C17H19NO2/c1-3-13(17(19)20)10-14-6-4-5-7-16(14)15-8-9-18-11-12(15)2/h4-9,11,13H,3,10H2,1-2H3,(H,19,20). The number of pyridine rings is 1. The average Bonchev–Trinajstić information content (AvgIpc) is 2.45. The summed E-state index contributed by atoms with van der Waals surface area (Å²) in [6.07, 6.45) is 4.80. The minimum absolute atomic E-state index is 0.335. The number of aryl methyl sites for hydroxylation is 1. The molecule has 1 N–H and O–H groups in total. The first kappa shape index (κ1) is 14.3. The largest absolute Gasteiger partial charge is 0.481 e. The van der Waals surface area contributed by atoms with Crippen molar-refractivity contribution in [3.8, 4) is 11.1 Å². The first-order chi connectivity index (χ1) is 9.63. The van der Waals surface area contributed by atoms with Gasteiger partial charge in [-0.1, -0.05) is 31.2 Å². The number of hydrogen-bond acceptors (Lipinski definition) is 2. The molecule has 0 bridgehead atoms. The summed E-state index contributed by atoms with van der Waals surface area (Å²) in [5.41, 5.74) is 4.40. The topological polar surface area (TPSA) is 50.2 Å². The number of aliphatic carboxylic acids is 1. The minimum atomic E-state index is -0.728. The molecule has 104 valence electrons. The third-order valence-corrected chi connectivity index (χ3v) is 3.64.